The predicted octanol–water partition coefficient (Wildman–Crippen LogP) is 4.71. The number of carbonyl (C=O) groups excluding carboxylic acids is 1. The Balaban J connectivity index is 1.43. The first-order valence-electron chi connectivity index (χ1n) is 9.13. The molecule has 4 rings (SSSR count). The van der Waals surface area contributed by atoms with E-state index in [1.54, 1.807) is 7.11 Å². The first-order chi connectivity index (χ1) is 13.7. The SMILES string of the molecule is COc1ccc(OCCNC(=O)c2oc3c(ccc4ccccc43)c2C)cc1. The third-order valence-electron chi connectivity index (χ3n) is 4.75. The maximum absolute atomic E-state index is 12.6. The highest BCUT2D eigenvalue weighted by molar-refractivity contribution is 6.08. The highest BCUT2D eigenvalue weighted by atomic mass is 16.5. The molecule has 1 heterocycles. The van der Waals surface area contributed by atoms with Crippen LogP contribution in [0.1, 0.15) is 16.1 Å². The van der Waals surface area contributed by atoms with Crippen molar-refractivity contribution in [2.24, 2.45) is 0 Å². The Morgan fingerprint density at radius 3 is 2.50 bits per heavy atom. The number of aryl methyl sites for hydroxylation is 1. The molecule has 1 amide bonds. The van der Waals surface area contributed by atoms with E-state index in [0.29, 0.717) is 18.9 Å². The molecule has 0 saturated heterocycles. The number of amides is 1. The number of ether oxygens (including phenoxy) is 2. The highest BCUT2D eigenvalue weighted by Crippen LogP contribution is 2.31. The van der Waals surface area contributed by atoms with Crippen molar-refractivity contribution in [3.63, 3.8) is 0 Å². The molecule has 1 aromatic heterocycles. The standard InChI is InChI=1S/C23H21NO4/c1-15-19-12-7-16-5-3-4-6-20(16)22(19)28-21(15)23(25)24-13-14-27-18-10-8-17(26-2)9-11-18/h3-12H,13-14H2,1-2H3,(H,24,25). The van der Waals surface area contributed by atoms with Crippen LogP contribution < -0.4 is 14.8 Å². The normalized spacial score (nSPS) is 10.9. The van der Waals surface area contributed by atoms with Crippen molar-refractivity contribution in [3.8, 4) is 11.5 Å². The molecule has 0 atom stereocenters. The summed E-state index contributed by atoms with van der Waals surface area (Å²) in [4.78, 5) is 12.6. The fourth-order valence-corrected chi connectivity index (χ4v) is 3.25. The molecule has 3 aromatic carbocycles. The van der Waals surface area contributed by atoms with Gasteiger partial charge in [0.15, 0.2) is 5.76 Å². The topological polar surface area (TPSA) is 60.7 Å². The van der Waals surface area contributed by atoms with E-state index in [0.717, 1.165) is 38.8 Å². The monoisotopic (exact) mass is 375 g/mol. The van der Waals surface area contributed by atoms with Crippen LogP contribution in [0.5, 0.6) is 11.5 Å². The molecule has 28 heavy (non-hydrogen) atoms. The molecule has 0 saturated carbocycles. The quantitative estimate of drug-likeness (QED) is 0.496. The van der Waals surface area contributed by atoms with Crippen LogP contribution in [0.15, 0.2) is 65.1 Å². The lowest BCUT2D eigenvalue weighted by Crippen LogP contribution is -2.28. The lowest BCUT2D eigenvalue weighted by atomic mass is 10.1. The van der Waals surface area contributed by atoms with Gasteiger partial charge in [0.1, 0.15) is 23.7 Å². The zero-order valence-corrected chi connectivity index (χ0v) is 15.8. The Hall–Kier alpha value is -3.47. The summed E-state index contributed by atoms with van der Waals surface area (Å²) in [6.07, 6.45) is 0. The van der Waals surface area contributed by atoms with Crippen molar-refractivity contribution >= 4 is 27.6 Å². The molecule has 0 radical (unpaired) electrons. The van der Waals surface area contributed by atoms with Crippen LogP contribution in [0.2, 0.25) is 0 Å². The zero-order valence-electron chi connectivity index (χ0n) is 15.8. The van der Waals surface area contributed by atoms with Crippen molar-refractivity contribution in [1.29, 1.82) is 0 Å². The van der Waals surface area contributed by atoms with Gasteiger partial charge in [-0.25, -0.2) is 0 Å². The molecule has 0 aliphatic rings. The highest BCUT2D eigenvalue weighted by Gasteiger charge is 2.18. The molecule has 0 bridgehead atoms. The lowest BCUT2D eigenvalue weighted by Gasteiger charge is -2.08. The Morgan fingerprint density at radius 2 is 1.71 bits per heavy atom. The molecule has 0 fully saturated rings. The second-order valence-electron chi connectivity index (χ2n) is 6.50. The van der Waals surface area contributed by atoms with Crippen LogP contribution in [0.4, 0.5) is 0 Å². The Morgan fingerprint density at radius 1 is 0.964 bits per heavy atom. The number of rotatable bonds is 6. The average Bonchev–Trinajstić information content (AvgIpc) is 3.08. The van der Waals surface area contributed by atoms with Gasteiger partial charge in [-0.15, -0.1) is 0 Å². The first-order valence-corrected chi connectivity index (χ1v) is 9.13. The molecule has 5 heteroatoms. The van der Waals surface area contributed by atoms with Crippen LogP contribution in [0.25, 0.3) is 21.7 Å². The van der Waals surface area contributed by atoms with E-state index in [9.17, 15) is 4.79 Å². The van der Waals surface area contributed by atoms with Gasteiger partial charge in [-0.1, -0.05) is 36.4 Å². The van der Waals surface area contributed by atoms with Crippen molar-refractivity contribution in [2.45, 2.75) is 6.92 Å². The van der Waals surface area contributed by atoms with E-state index in [-0.39, 0.29) is 5.91 Å². The molecule has 0 aliphatic heterocycles. The van der Waals surface area contributed by atoms with Crippen molar-refractivity contribution in [2.75, 3.05) is 20.3 Å². The predicted molar refractivity (Wildman–Crippen MR) is 109 cm³/mol. The number of hydrogen-bond donors (Lipinski definition) is 1. The third-order valence-corrected chi connectivity index (χ3v) is 4.75. The summed E-state index contributed by atoms with van der Waals surface area (Å²) in [5.41, 5.74) is 1.59. The molecule has 142 valence electrons. The summed E-state index contributed by atoms with van der Waals surface area (Å²) < 4.78 is 16.7. The van der Waals surface area contributed by atoms with Crippen LogP contribution >= 0.6 is 0 Å². The minimum Gasteiger partial charge on any atom is -0.497 e. The van der Waals surface area contributed by atoms with E-state index >= 15 is 0 Å². The van der Waals surface area contributed by atoms with Gasteiger partial charge < -0.3 is 19.2 Å². The smallest absolute Gasteiger partial charge is 0.287 e. The van der Waals surface area contributed by atoms with Gasteiger partial charge in [-0.05, 0) is 36.6 Å². The van der Waals surface area contributed by atoms with Gasteiger partial charge >= 0.3 is 0 Å². The van der Waals surface area contributed by atoms with Crippen molar-refractivity contribution < 1.29 is 18.7 Å². The summed E-state index contributed by atoms with van der Waals surface area (Å²) in [6.45, 7) is 2.64. The van der Waals surface area contributed by atoms with E-state index in [4.69, 9.17) is 13.9 Å². The van der Waals surface area contributed by atoms with Crippen LogP contribution in [-0.4, -0.2) is 26.2 Å². The minimum atomic E-state index is -0.240. The number of carbonyl (C=O) groups is 1. The number of methoxy groups -OCH3 is 1. The number of benzene rings is 3. The fraction of sp³-hybridized carbons (Fsp3) is 0.174. The minimum absolute atomic E-state index is 0.240. The van der Waals surface area contributed by atoms with E-state index in [1.165, 1.54) is 0 Å². The van der Waals surface area contributed by atoms with Crippen molar-refractivity contribution in [3.05, 3.63) is 72.0 Å². The third kappa shape index (κ3) is 3.39. The fourth-order valence-electron chi connectivity index (χ4n) is 3.25. The maximum Gasteiger partial charge on any atom is 0.287 e. The molecule has 0 spiro atoms. The van der Waals surface area contributed by atoms with Crippen LogP contribution in [-0.2, 0) is 0 Å². The summed E-state index contributed by atoms with van der Waals surface area (Å²) in [6, 6.07) is 19.4. The number of fused-ring (bicyclic) bond motifs is 3. The summed E-state index contributed by atoms with van der Waals surface area (Å²) in [5.74, 6) is 1.60. The lowest BCUT2D eigenvalue weighted by molar-refractivity contribution is 0.0920. The van der Waals surface area contributed by atoms with Gasteiger partial charge in [0.25, 0.3) is 5.91 Å². The zero-order chi connectivity index (χ0) is 19.5. The van der Waals surface area contributed by atoms with Crippen molar-refractivity contribution in [1.82, 2.24) is 5.32 Å². The van der Waals surface area contributed by atoms with E-state index in [2.05, 4.69) is 5.32 Å². The van der Waals surface area contributed by atoms with Gasteiger partial charge in [0.2, 0.25) is 0 Å². The second-order valence-corrected chi connectivity index (χ2v) is 6.50. The first kappa shape index (κ1) is 17.9. The molecule has 0 unspecified atom stereocenters. The van der Waals surface area contributed by atoms with E-state index < -0.39 is 0 Å². The van der Waals surface area contributed by atoms with Gasteiger partial charge in [0, 0.05) is 16.3 Å². The van der Waals surface area contributed by atoms with E-state index in [1.807, 2.05) is 67.6 Å². The summed E-state index contributed by atoms with van der Waals surface area (Å²) in [5, 5.41) is 5.91. The Labute approximate surface area is 162 Å². The molecular formula is C23H21NO4. The molecule has 5 nitrogen and oxygen atoms in total. The number of hydrogen-bond acceptors (Lipinski definition) is 4. The number of furan rings is 1. The summed E-state index contributed by atoms with van der Waals surface area (Å²) >= 11 is 0. The Kier molecular flexibility index (Phi) is 4.89. The van der Waals surface area contributed by atoms with Crippen LogP contribution in [0.3, 0.4) is 0 Å². The molecule has 1 N–H and O–H groups in total. The Bertz CT molecular complexity index is 1130. The van der Waals surface area contributed by atoms with Gasteiger partial charge in [0.05, 0.1) is 13.7 Å². The van der Waals surface area contributed by atoms with Crippen LogP contribution in [0, 0.1) is 6.92 Å². The molecule has 0 aliphatic carbocycles. The average molecular weight is 375 g/mol. The maximum atomic E-state index is 12.6. The largest absolute Gasteiger partial charge is 0.497 e. The molecule has 4 aromatic rings. The second kappa shape index (κ2) is 7.64. The van der Waals surface area contributed by atoms with Gasteiger partial charge in [-0.2, -0.15) is 0 Å². The van der Waals surface area contributed by atoms with Gasteiger partial charge in [-0.3, -0.25) is 4.79 Å². The molecular weight excluding hydrogens is 354 g/mol. The summed E-state index contributed by atoms with van der Waals surface area (Å²) in [7, 11) is 1.62. The number of nitrogens with one attached hydrogen (secondary N) is 1.